The Morgan fingerprint density at radius 3 is 2.65 bits per heavy atom. The van der Waals surface area contributed by atoms with Gasteiger partial charge in [0.1, 0.15) is 0 Å². The molecular formula is C13H12F2N2. The molecule has 0 aliphatic rings. The molecule has 1 unspecified atom stereocenters. The zero-order valence-corrected chi connectivity index (χ0v) is 9.32. The fourth-order valence-corrected chi connectivity index (χ4v) is 1.79. The molecule has 1 aromatic carbocycles. The summed E-state index contributed by atoms with van der Waals surface area (Å²) in [5, 5.41) is 2.96. The van der Waals surface area contributed by atoms with E-state index in [4.69, 9.17) is 0 Å². The first-order valence-corrected chi connectivity index (χ1v) is 5.25. The summed E-state index contributed by atoms with van der Waals surface area (Å²) in [5.74, 6) is -1.66. The minimum atomic E-state index is -0.841. The topological polar surface area (TPSA) is 24.9 Å². The average molecular weight is 234 g/mol. The van der Waals surface area contributed by atoms with Crippen molar-refractivity contribution in [3.05, 3.63) is 65.5 Å². The van der Waals surface area contributed by atoms with Crippen LogP contribution in [0.3, 0.4) is 0 Å². The Morgan fingerprint density at radius 2 is 2.00 bits per heavy atom. The lowest BCUT2D eigenvalue weighted by atomic mass is 10.00. The Hall–Kier alpha value is -1.81. The zero-order chi connectivity index (χ0) is 12.3. The van der Waals surface area contributed by atoms with Gasteiger partial charge < -0.3 is 5.32 Å². The van der Waals surface area contributed by atoms with Crippen molar-refractivity contribution in [3.63, 3.8) is 0 Å². The van der Waals surface area contributed by atoms with E-state index in [1.807, 2.05) is 6.07 Å². The predicted octanol–water partition coefficient (Wildman–Crippen LogP) is 2.67. The van der Waals surface area contributed by atoms with Gasteiger partial charge in [0.25, 0.3) is 0 Å². The standard InChI is InChI=1S/C13H12F2N2/c1-16-13(9-4-3-7-17-8-9)10-5-2-6-11(14)12(10)15/h2-8,13,16H,1H3. The molecule has 1 atom stereocenters. The van der Waals surface area contributed by atoms with Gasteiger partial charge in [-0.15, -0.1) is 0 Å². The molecule has 17 heavy (non-hydrogen) atoms. The van der Waals surface area contributed by atoms with E-state index in [0.29, 0.717) is 0 Å². The second-order valence-electron chi connectivity index (χ2n) is 3.65. The first-order valence-electron chi connectivity index (χ1n) is 5.25. The highest BCUT2D eigenvalue weighted by Crippen LogP contribution is 2.24. The minimum absolute atomic E-state index is 0.278. The van der Waals surface area contributed by atoms with Gasteiger partial charge in [-0.1, -0.05) is 18.2 Å². The molecule has 88 valence electrons. The van der Waals surface area contributed by atoms with Crippen LogP contribution in [0.1, 0.15) is 17.2 Å². The third kappa shape index (κ3) is 2.31. The summed E-state index contributed by atoms with van der Waals surface area (Å²) in [5.41, 5.74) is 1.07. The Labute approximate surface area is 98.3 Å². The van der Waals surface area contributed by atoms with Crippen molar-refractivity contribution in [1.82, 2.24) is 10.3 Å². The van der Waals surface area contributed by atoms with Crippen molar-refractivity contribution in [3.8, 4) is 0 Å². The summed E-state index contributed by atoms with van der Waals surface area (Å²) < 4.78 is 26.9. The normalized spacial score (nSPS) is 12.4. The summed E-state index contributed by atoms with van der Waals surface area (Å²) in [6.07, 6.45) is 3.27. The smallest absolute Gasteiger partial charge is 0.163 e. The second kappa shape index (κ2) is 5.01. The highest BCUT2D eigenvalue weighted by Gasteiger charge is 2.18. The van der Waals surface area contributed by atoms with E-state index in [9.17, 15) is 8.78 Å². The fraction of sp³-hybridized carbons (Fsp3) is 0.154. The first kappa shape index (κ1) is 11.7. The molecule has 0 saturated heterocycles. The van der Waals surface area contributed by atoms with Gasteiger partial charge >= 0.3 is 0 Å². The van der Waals surface area contributed by atoms with Crippen LogP contribution in [0.15, 0.2) is 42.7 Å². The molecule has 2 rings (SSSR count). The molecule has 4 heteroatoms. The number of rotatable bonds is 3. The molecular weight excluding hydrogens is 222 g/mol. The lowest BCUT2D eigenvalue weighted by molar-refractivity contribution is 0.487. The molecule has 0 fully saturated rings. The number of halogens is 2. The van der Waals surface area contributed by atoms with Gasteiger partial charge in [0, 0.05) is 18.0 Å². The molecule has 0 saturated carbocycles. The second-order valence-corrected chi connectivity index (χ2v) is 3.65. The largest absolute Gasteiger partial charge is 0.309 e. The quantitative estimate of drug-likeness (QED) is 0.883. The van der Waals surface area contributed by atoms with Crippen molar-refractivity contribution in [2.24, 2.45) is 0 Å². The molecule has 0 amide bonds. The van der Waals surface area contributed by atoms with Crippen LogP contribution >= 0.6 is 0 Å². The third-order valence-electron chi connectivity index (χ3n) is 2.60. The van der Waals surface area contributed by atoms with Gasteiger partial charge in [-0.2, -0.15) is 0 Å². The molecule has 0 spiro atoms. The molecule has 1 N–H and O–H groups in total. The van der Waals surface area contributed by atoms with Crippen LogP contribution in [0, 0.1) is 11.6 Å². The van der Waals surface area contributed by atoms with Crippen molar-refractivity contribution < 1.29 is 8.78 Å². The van der Waals surface area contributed by atoms with Gasteiger partial charge in [0.05, 0.1) is 6.04 Å². The lowest BCUT2D eigenvalue weighted by Crippen LogP contribution is -2.19. The maximum Gasteiger partial charge on any atom is 0.163 e. The van der Waals surface area contributed by atoms with Crippen LogP contribution < -0.4 is 5.32 Å². The van der Waals surface area contributed by atoms with E-state index in [-0.39, 0.29) is 5.56 Å². The van der Waals surface area contributed by atoms with Crippen molar-refractivity contribution in [2.45, 2.75) is 6.04 Å². The summed E-state index contributed by atoms with van der Waals surface area (Å²) >= 11 is 0. The van der Waals surface area contributed by atoms with Gasteiger partial charge in [-0.25, -0.2) is 8.78 Å². The fourth-order valence-electron chi connectivity index (χ4n) is 1.79. The molecule has 1 heterocycles. The molecule has 2 aromatic rings. The van der Waals surface area contributed by atoms with Gasteiger partial charge in [-0.05, 0) is 24.7 Å². The summed E-state index contributed by atoms with van der Waals surface area (Å²) in [6, 6.07) is 7.34. The molecule has 0 aliphatic carbocycles. The Morgan fingerprint density at radius 1 is 1.18 bits per heavy atom. The van der Waals surface area contributed by atoms with E-state index >= 15 is 0 Å². The third-order valence-corrected chi connectivity index (χ3v) is 2.60. The van der Waals surface area contributed by atoms with Crippen LogP contribution in [0.2, 0.25) is 0 Å². The SMILES string of the molecule is CNC(c1cccnc1)c1cccc(F)c1F. The summed E-state index contributed by atoms with van der Waals surface area (Å²) in [7, 11) is 1.70. The van der Waals surface area contributed by atoms with Crippen LogP contribution in [-0.4, -0.2) is 12.0 Å². The Bertz CT molecular complexity index is 500. The van der Waals surface area contributed by atoms with E-state index in [1.165, 1.54) is 6.07 Å². The molecule has 0 aliphatic heterocycles. The number of hydrogen-bond acceptors (Lipinski definition) is 2. The molecule has 0 bridgehead atoms. The Kier molecular flexibility index (Phi) is 3.44. The number of hydrogen-bond donors (Lipinski definition) is 1. The van der Waals surface area contributed by atoms with Gasteiger partial charge in [-0.3, -0.25) is 4.98 Å². The monoisotopic (exact) mass is 234 g/mol. The van der Waals surface area contributed by atoms with E-state index in [2.05, 4.69) is 10.3 Å². The van der Waals surface area contributed by atoms with E-state index < -0.39 is 17.7 Å². The minimum Gasteiger partial charge on any atom is -0.309 e. The van der Waals surface area contributed by atoms with Crippen LogP contribution in [0.4, 0.5) is 8.78 Å². The zero-order valence-electron chi connectivity index (χ0n) is 9.32. The number of aromatic nitrogens is 1. The number of pyridine rings is 1. The van der Waals surface area contributed by atoms with Crippen molar-refractivity contribution in [1.29, 1.82) is 0 Å². The van der Waals surface area contributed by atoms with Crippen molar-refractivity contribution >= 4 is 0 Å². The lowest BCUT2D eigenvalue weighted by Gasteiger charge is -2.17. The molecule has 0 radical (unpaired) electrons. The van der Waals surface area contributed by atoms with Crippen molar-refractivity contribution in [2.75, 3.05) is 7.05 Å². The summed E-state index contributed by atoms with van der Waals surface area (Å²) in [6.45, 7) is 0. The van der Waals surface area contributed by atoms with Crippen LogP contribution in [0.25, 0.3) is 0 Å². The number of benzene rings is 1. The molecule has 2 nitrogen and oxygen atoms in total. The number of nitrogens with one attached hydrogen (secondary N) is 1. The number of nitrogens with zero attached hydrogens (tertiary/aromatic N) is 1. The first-order chi connectivity index (χ1) is 8.24. The van der Waals surface area contributed by atoms with Gasteiger partial charge in [0.2, 0.25) is 0 Å². The molecule has 1 aromatic heterocycles. The highest BCUT2D eigenvalue weighted by atomic mass is 19.2. The average Bonchev–Trinajstić information content (AvgIpc) is 2.37. The highest BCUT2D eigenvalue weighted by molar-refractivity contribution is 5.31. The maximum atomic E-state index is 13.7. The Balaban J connectivity index is 2.46. The predicted molar refractivity (Wildman–Crippen MR) is 61.5 cm³/mol. The van der Waals surface area contributed by atoms with E-state index in [1.54, 1.807) is 31.6 Å². The van der Waals surface area contributed by atoms with E-state index in [0.717, 1.165) is 11.6 Å². The van der Waals surface area contributed by atoms with Crippen LogP contribution in [0.5, 0.6) is 0 Å². The van der Waals surface area contributed by atoms with Gasteiger partial charge in [0.15, 0.2) is 11.6 Å². The summed E-state index contributed by atoms with van der Waals surface area (Å²) in [4.78, 5) is 3.97. The van der Waals surface area contributed by atoms with Crippen LogP contribution in [-0.2, 0) is 0 Å². The maximum absolute atomic E-state index is 13.7.